The van der Waals surface area contributed by atoms with E-state index in [1.54, 1.807) is 39.2 Å². The van der Waals surface area contributed by atoms with Crippen LogP contribution in [0.4, 0.5) is 5.69 Å². The number of nitrogens with two attached hydrogens (primary N) is 1. The highest BCUT2D eigenvalue weighted by atomic mass is 33.1. The van der Waals surface area contributed by atoms with Gasteiger partial charge in [-0.1, -0.05) is 43.5 Å². The van der Waals surface area contributed by atoms with Gasteiger partial charge in [0.25, 0.3) is 10.1 Å². The number of hydrogen-bond donors (Lipinski definition) is 3. The number of nitrogens with one attached hydrogen (secondary N) is 1. The molecule has 0 spiro atoms. The predicted octanol–water partition coefficient (Wildman–Crippen LogP) is 5.39. The zero-order valence-corrected chi connectivity index (χ0v) is 18.9. The van der Waals surface area contributed by atoms with E-state index < -0.39 is 10.1 Å². The molecule has 0 amide bonds. The van der Waals surface area contributed by atoms with Crippen molar-refractivity contribution >= 4 is 59.1 Å². The standard InChI is InChI=1S/C13H16N2S3.C6H7NO3S/c1-2-6-10(7-3-1)15-18-17-13-14-11-8-4-5-9-12(11)16-13;7-5-3-1-2-4-6(5)11(8,9)10/h4-5,8-10,15H,1-3,6-7H2;1-4H,7H2,(H,8,9,10). The quantitative estimate of drug-likeness (QED) is 0.198. The molecule has 0 unspecified atom stereocenters. The Morgan fingerprint density at radius 1 is 1.07 bits per heavy atom. The summed E-state index contributed by atoms with van der Waals surface area (Å²) in [5, 5.41) is 0. The first kappa shape index (κ1) is 22.4. The van der Waals surface area contributed by atoms with Gasteiger partial charge in [-0.3, -0.25) is 9.27 Å². The van der Waals surface area contributed by atoms with E-state index in [9.17, 15) is 8.42 Å². The summed E-state index contributed by atoms with van der Waals surface area (Å²) in [5.41, 5.74) is 6.43. The molecule has 10 heteroatoms. The van der Waals surface area contributed by atoms with Crippen molar-refractivity contribution in [3.8, 4) is 0 Å². The maximum atomic E-state index is 10.5. The first-order valence-corrected chi connectivity index (χ1v) is 13.6. The maximum Gasteiger partial charge on any atom is 0.296 e. The summed E-state index contributed by atoms with van der Waals surface area (Å²) >= 11 is 1.77. The number of aromatic nitrogens is 1. The van der Waals surface area contributed by atoms with E-state index in [4.69, 9.17) is 10.3 Å². The molecule has 4 rings (SSSR count). The first-order chi connectivity index (χ1) is 13.9. The second-order valence-electron chi connectivity index (χ2n) is 6.58. The minimum Gasteiger partial charge on any atom is -0.398 e. The molecule has 6 nitrogen and oxygen atoms in total. The van der Waals surface area contributed by atoms with Gasteiger partial charge in [0.1, 0.15) is 4.90 Å². The first-order valence-electron chi connectivity index (χ1n) is 9.20. The topological polar surface area (TPSA) is 105 Å². The Hall–Kier alpha value is -1.30. The molecule has 0 radical (unpaired) electrons. The summed E-state index contributed by atoms with van der Waals surface area (Å²) in [5.74, 6) is 0. The van der Waals surface area contributed by atoms with Crippen molar-refractivity contribution in [2.45, 2.75) is 47.4 Å². The van der Waals surface area contributed by atoms with Gasteiger partial charge in [0, 0.05) is 6.04 Å². The monoisotopic (exact) mass is 469 g/mol. The third-order valence-electron chi connectivity index (χ3n) is 4.40. The van der Waals surface area contributed by atoms with Crippen LogP contribution in [0.25, 0.3) is 10.2 Å². The molecule has 1 fully saturated rings. The zero-order valence-electron chi connectivity index (χ0n) is 15.7. The lowest BCUT2D eigenvalue weighted by molar-refractivity contribution is 0.424. The van der Waals surface area contributed by atoms with Crippen molar-refractivity contribution in [1.29, 1.82) is 0 Å². The molecular formula is C19H23N3O3S4. The Balaban J connectivity index is 0.000000188. The van der Waals surface area contributed by atoms with Crippen LogP contribution < -0.4 is 10.5 Å². The van der Waals surface area contributed by atoms with E-state index >= 15 is 0 Å². The maximum absolute atomic E-state index is 10.5. The van der Waals surface area contributed by atoms with Crippen LogP contribution in [-0.2, 0) is 10.1 Å². The van der Waals surface area contributed by atoms with Crippen LogP contribution in [0.1, 0.15) is 32.1 Å². The number of benzene rings is 2. The van der Waals surface area contributed by atoms with Gasteiger partial charge >= 0.3 is 0 Å². The highest BCUT2D eigenvalue weighted by Crippen LogP contribution is 2.36. The average molecular weight is 470 g/mol. The van der Waals surface area contributed by atoms with Crippen LogP contribution in [0.5, 0.6) is 0 Å². The van der Waals surface area contributed by atoms with E-state index in [-0.39, 0.29) is 10.6 Å². The Morgan fingerprint density at radius 2 is 1.76 bits per heavy atom. The molecule has 1 heterocycles. The number of nitrogen functional groups attached to an aromatic ring is 1. The summed E-state index contributed by atoms with van der Waals surface area (Å²) < 4.78 is 35.6. The third-order valence-corrected chi connectivity index (χ3v) is 8.74. The van der Waals surface area contributed by atoms with E-state index in [1.807, 2.05) is 6.07 Å². The van der Waals surface area contributed by atoms with Crippen molar-refractivity contribution < 1.29 is 13.0 Å². The second kappa shape index (κ2) is 10.6. The van der Waals surface area contributed by atoms with Crippen LogP contribution in [0.2, 0.25) is 0 Å². The lowest BCUT2D eigenvalue weighted by atomic mass is 9.96. The van der Waals surface area contributed by atoms with E-state index in [1.165, 1.54) is 55.0 Å². The zero-order chi connectivity index (χ0) is 20.7. The lowest BCUT2D eigenvalue weighted by Crippen LogP contribution is -2.24. The van der Waals surface area contributed by atoms with Gasteiger partial charge in [-0.2, -0.15) is 8.42 Å². The minimum absolute atomic E-state index is 0.0509. The molecule has 0 aliphatic heterocycles. The van der Waals surface area contributed by atoms with Crippen LogP contribution in [-0.4, -0.2) is 24.0 Å². The Kier molecular flexibility index (Phi) is 8.22. The van der Waals surface area contributed by atoms with Crippen LogP contribution in [0.15, 0.2) is 57.8 Å². The van der Waals surface area contributed by atoms with Gasteiger partial charge in [-0.05, 0) is 58.9 Å². The Labute approximate surface area is 183 Å². The number of nitrogens with zero attached hydrogens (tertiary/aromatic N) is 1. The number of hydrogen-bond acceptors (Lipinski definition) is 8. The van der Waals surface area contributed by atoms with Crippen LogP contribution >= 0.6 is 33.1 Å². The number of para-hydroxylation sites is 2. The molecule has 1 aromatic heterocycles. The normalized spacial score (nSPS) is 15.1. The minimum atomic E-state index is -4.16. The fourth-order valence-electron chi connectivity index (χ4n) is 2.95. The molecule has 156 valence electrons. The molecule has 3 aromatic rings. The summed E-state index contributed by atoms with van der Waals surface area (Å²) in [6.45, 7) is 0. The molecule has 4 N–H and O–H groups in total. The second-order valence-corrected chi connectivity index (χ2v) is 11.2. The van der Waals surface area contributed by atoms with Crippen molar-refractivity contribution in [2.24, 2.45) is 0 Å². The number of thiazole rings is 1. The summed E-state index contributed by atoms with van der Waals surface area (Å²) in [7, 11) is -0.663. The Morgan fingerprint density at radius 3 is 2.41 bits per heavy atom. The van der Waals surface area contributed by atoms with Gasteiger partial charge in [-0.15, -0.1) is 11.3 Å². The average Bonchev–Trinajstić information content (AvgIpc) is 3.12. The van der Waals surface area contributed by atoms with E-state index in [0.29, 0.717) is 6.04 Å². The third kappa shape index (κ3) is 6.87. The highest BCUT2D eigenvalue weighted by Gasteiger charge is 2.13. The molecule has 29 heavy (non-hydrogen) atoms. The number of rotatable bonds is 5. The van der Waals surface area contributed by atoms with E-state index in [0.717, 1.165) is 9.86 Å². The largest absolute Gasteiger partial charge is 0.398 e. The van der Waals surface area contributed by atoms with Crippen molar-refractivity contribution in [1.82, 2.24) is 9.71 Å². The molecule has 1 saturated carbocycles. The van der Waals surface area contributed by atoms with Crippen molar-refractivity contribution in [3.63, 3.8) is 0 Å². The smallest absolute Gasteiger partial charge is 0.296 e. The predicted molar refractivity (Wildman–Crippen MR) is 124 cm³/mol. The fraction of sp³-hybridized carbons (Fsp3) is 0.316. The molecule has 2 aromatic carbocycles. The summed E-state index contributed by atoms with van der Waals surface area (Å²) in [6.07, 6.45) is 6.82. The Bertz CT molecular complexity index is 1000. The van der Waals surface area contributed by atoms with Crippen molar-refractivity contribution in [2.75, 3.05) is 5.73 Å². The van der Waals surface area contributed by atoms with E-state index in [2.05, 4.69) is 27.9 Å². The molecular weight excluding hydrogens is 446 g/mol. The molecule has 0 saturated heterocycles. The molecule has 0 bridgehead atoms. The van der Waals surface area contributed by atoms with Crippen molar-refractivity contribution in [3.05, 3.63) is 48.5 Å². The van der Waals surface area contributed by atoms with Crippen LogP contribution in [0, 0.1) is 0 Å². The lowest BCUT2D eigenvalue weighted by Gasteiger charge is -2.21. The fourth-order valence-corrected chi connectivity index (χ4v) is 6.79. The van der Waals surface area contributed by atoms with Gasteiger partial charge in [0.15, 0.2) is 4.34 Å². The number of anilines is 1. The molecule has 1 aliphatic carbocycles. The highest BCUT2D eigenvalue weighted by molar-refractivity contribution is 8.76. The molecule has 0 atom stereocenters. The van der Waals surface area contributed by atoms with Gasteiger partial charge in [-0.25, -0.2) is 4.98 Å². The van der Waals surface area contributed by atoms with Crippen LogP contribution in [0.3, 0.4) is 0 Å². The summed E-state index contributed by atoms with van der Waals surface area (Å²) in [4.78, 5) is 4.37. The summed E-state index contributed by atoms with van der Waals surface area (Å²) in [6, 6.07) is 14.8. The molecule has 1 aliphatic rings. The number of fused-ring (bicyclic) bond motifs is 1. The van der Waals surface area contributed by atoms with Gasteiger partial charge in [0.2, 0.25) is 0 Å². The van der Waals surface area contributed by atoms with Gasteiger partial charge in [0.05, 0.1) is 15.9 Å². The SMILES string of the molecule is Nc1ccccc1S(=O)(=O)O.c1ccc2sc(SSNC3CCCCC3)nc2c1. The van der Waals surface area contributed by atoms with Gasteiger partial charge < -0.3 is 5.73 Å².